The summed E-state index contributed by atoms with van der Waals surface area (Å²) in [7, 11) is 0. The molecule has 0 saturated carbocycles. The van der Waals surface area contributed by atoms with Gasteiger partial charge in [-0.2, -0.15) is 0 Å². The van der Waals surface area contributed by atoms with Gasteiger partial charge < -0.3 is 0 Å². The van der Waals surface area contributed by atoms with Gasteiger partial charge in [0.15, 0.2) is 0 Å². The number of hydrogen-bond donors (Lipinski definition) is 0. The van der Waals surface area contributed by atoms with Crippen molar-refractivity contribution in [2.45, 2.75) is 0 Å². The normalized spacial score (nSPS) is 11.6. The highest BCUT2D eigenvalue weighted by Crippen LogP contribution is 2.42. The van der Waals surface area contributed by atoms with Crippen LogP contribution in [0.25, 0.3) is 98.4 Å². The Morgan fingerprint density at radius 2 is 0.680 bits per heavy atom. The third-order valence-electron chi connectivity index (χ3n) is 10.4. The molecule has 0 N–H and O–H groups in total. The topological polar surface area (TPSA) is 0 Å². The lowest BCUT2D eigenvalue weighted by molar-refractivity contribution is 1.62. The molecule has 0 radical (unpaired) electrons. The minimum Gasteiger partial charge on any atom is -0.0622 e. The van der Waals surface area contributed by atoms with E-state index in [1.807, 2.05) is 0 Å². The Hall–Kier alpha value is -6.50. The third-order valence-corrected chi connectivity index (χ3v) is 10.4. The van der Waals surface area contributed by atoms with E-state index in [2.05, 4.69) is 194 Å². The molecule has 0 nitrogen and oxygen atoms in total. The Morgan fingerprint density at radius 3 is 1.38 bits per heavy atom. The molecule has 10 aromatic carbocycles. The van der Waals surface area contributed by atoms with Gasteiger partial charge in [-0.1, -0.05) is 164 Å². The van der Waals surface area contributed by atoms with Crippen LogP contribution in [0.4, 0.5) is 0 Å². The summed E-state index contributed by atoms with van der Waals surface area (Å²) in [6, 6.07) is 71.5. The third kappa shape index (κ3) is 4.77. The molecule has 0 heterocycles. The molecular weight excluding hydrogens is 601 g/mol. The molecule has 232 valence electrons. The standard InChI is InChI=1S/C50H32/c1-2-12-35(13-3-1)48-31-42(32-50-43-17-9-8-14-36(43)22-24-47(48)50)39-23-25-46-44(40-20-18-33-10-4-6-15-37(33)28-40)26-27-45(49(46)30-39)41-21-19-34-11-5-7-16-38(34)29-41/h1-32H. The number of rotatable bonds is 4. The molecule has 0 atom stereocenters. The molecular formula is C50H32. The van der Waals surface area contributed by atoms with Crippen LogP contribution in [0.1, 0.15) is 0 Å². The maximum Gasteiger partial charge on any atom is -0.00930 e. The maximum absolute atomic E-state index is 2.42. The Kier molecular flexibility index (Phi) is 6.60. The van der Waals surface area contributed by atoms with Crippen molar-refractivity contribution in [3.8, 4) is 44.5 Å². The molecule has 0 aliphatic heterocycles. The summed E-state index contributed by atoms with van der Waals surface area (Å²) >= 11 is 0. The van der Waals surface area contributed by atoms with Crippen molar-refractivity contribution >= 4 is 53.9 Å². The molecule has 10 aromatic rings. The first-order valence-corrected chi connectivity index (χ1v) is 17.3. The second-order valence-corrected chi connectivity index (χ2v) is 13.3. The van der Waals surface area contributed by atoms with Crippen molar-refractivity contribution in [1.82, 2.24) is 0 Å². The highest BCUT2D eigenvalue weighted by atomic mass is 14.2. The van der Waals surface area contributed by atoms with Crippen LogP contribution in [0.5, 0.6) is 0 Å². The van der Waals surface area contributed by atoms with E-state index in [0.717, 1.165) is 0 Å². The summed E-state index contributed by atoms with van der Waals surface area (Å²) in [5.74, 6) is 0. The van der Waals surface area contributed by atoms with E-state index in [0.29, 0.717) is 0 Å². The van der Waals surface area contributed by atoms with Gasteiger partial charge in [0, 0.05) is 0 Å². The fourth-order valence-electron chi connectivity index (χ4n) is 7.88. The van der Waals surface area contributed by atoms with Crippen molar-refractivity contribution in [2.24, 2.45) is 0 Å². The van der Waals surface area contributed by atoms with Crippen LogP contribution < -0.4 is 0 Å². The van der Waals surface area contributed by atoms with Crippen LogP contribution >= 0.6 is 0 Å². The maximum atomic E-state index is 2.42. The summed E-state index contributed by atoms with van der Waals surface area (Å²) < 4.78 is 0. The largest absolute Gasteiger partial charge is 0.0622 e. The first-order valence-electron chi connectivity index (χ1n) is 17.3. The Labute approximate surface area is 291 Å². The van der Waals surface area contributed by atoms with Gasteiger partial charge in [-0.3, -0.25) is 0 Å². The molecule has 0 fully saturated rings. The van der Waals surface area contributed by atoms with Gasteiger partial charge in [0.05, 0.1) is 0 Å². The molecule has 0 aromatic heterocycles. The minimum absolute atomic E-state index is 1.21. The SMILES string of the molecule is c1ccc(-c2cc(-c3ccc4c(-c5ccc6ccccc6c5)ccc(-c5ccc6ccccc6c5)c4c3)cc3c2ccc2ccccc23)cc1. The van der Waals surface area contributed by atoms with Crippen LogP contribution in [-0.4, -0.2) is 0 Å². The molecule has 0 aliphatic rings. The van der Waals surface area contributed by atoms with E-state index in [4.69, 9.17) is 0 Å². The lowest BCUT2D eigenvalue weighted by Crippen LogP contribution is -1.90. The minimum atomic E-state index is 1.21. The Morgan fingerprint density at radius 1 is 0.180 bits per heavy atom. The van der Waals surface area contributed by atoms with Gasteiger partial charge in [0.2, 0.25) is 0 Å². The summed E-state index contributed by atoms with van der Waals surface area (Å²) in [4.78, 5) is 0. The van der Waals surface area contributed by atoms with E-state index in [9.17, 15) is 0 Å². The van der Waals surface area contributed by atoms with Gasteiger partial charge in [-0.15, -0.1) is 0 Å². The number of fused-ring (bicyclic) bond motifs is 6. The van der Waals surface area contributed by atoms with Gasteiger partial charge >= 0.3 is 0 Å². The highest BCUT2D eigenvalue weighted by molar-refractivity contribution is 6.14. The number of benzene rings is 10. The average Bonchev–Trinajstić information content (AvgIpc) is 3.19. The fourth-order valence-corrected chi connectivity index (χ4v) is 7.88. The summed E-state index contributed by atoms with van der Waals surface area (Å²) in [5.41, 5.74) is 9.86. The van der Waals surface area contributed by atoms with Gasteiger partial charge in [-0.05, 0) is 129 Å². The molecule has 10 rings (SSSR count). The quantitative estimate of drug-likeness (QED) is 0.169. The first-order chi connectivity index (χ1) is 24.8. The van der Waals surface area contributed by atoms with Gasteiger partial charge in [0.25, 0.3) is 0 Å². The van der Waals surface area contributed by atoms with Crippen LogP contribution in [0, 0.1) is 0 Å². The predicted molar refractivity (Wildman–Crippen MR) is 216 cm³/mol. The van der Waals surface area contributed by atoms with Crippen LogP contribution in [0.2, 0.25) is 0 Å². The number of hydrogen-bond acceptors (Lipinski definition) is 0. The molecule has 50 heavy (non-hydrogen) atoms. The van der Waals surface area contributed by atoms with Crippen LogP contribution in [-0.2, 0) is 0 Å². The monoisotopic (exact) mass is 632 g/mol. The summed E-state index contributed by atoms with van der Waals surface area (Å²) in [6.07, 6.45) is 0. The zero-order valence-corrected chi connectivity index (χ0v) is 27.5. The van der Waals surface area contributed by atoms with Crippen LogP contribution in [0.3, 0.4) is 0 Å². The van der Waals surface area contributed by atoms with Crippen LogP contribution in [0.15, 0.2) is 194 Å². The smallest absolute Gasteiger partial charge is 0.00930 e. The van der Waals surface area contributed by atoms with E-state index >= 15 is 0 Å². The lowest BCUT2D eigenvalue weighted by atomic mass is 9.87. The van der Waals surface area contributed by atoms with E-state index < -0.39 is 0 Å². The Balaban J connectivity index is 1.24. The average molecular weight is 633 g/mol. The first kappa shape index (κ1) is 28.5. The van der Waals surface area contributed by atoms with Crippen molar-refractivity contribution in [3.63, 3.8) is 0 Å². The molecule has 0 amide bonds. The summed E-state index contributed by atoms with van der Waals surface area (Å²) in [6.45, 7) is 0. The van der Waals surface area contributed by atoms with E-state index in [1.54, 1.807) is 0 Å². The second-order valence-electron chi connectivity index (χ2n) is 13.3. The zero-order chi connectivity index (χ0) is 33.0. The Bertz CT molecular complexity index is 2910. The summed E-state index contributed by atoms with van der Waals surface area (Å²) in [5, 5.41) is 12.6. The molecule has 0 aliphatic carbocycles. The molecule has 0 saturated heterocycles. The molecule has 0 heteroatoms. The van der Waals surface area contributed by atoms with Crippen molar-refractivity contribution in [3.05, 3.63) is 194 Å². The molecule has 0 bridgehead atoms. The van der Waals surface area contributed by atoms with Crippen molar-refractivity contribution < 1.29 is 0 Å². The zero-order valence-electron chi connectivity index (χ0n) is 27.5. The molecule has 0 spiro atoms. The van der Waals surface area contributed by atoms with E-state index in [1.165, 1.54) is 98.4 Å². The van der Waals surface area contributed by atoms with Crippen molar-refractivity contribution in [2.75, 3.05) is 0 Å². The lowest BCUT2D eigenvalue weighted by Gasteiger charge is -2.16. The molecule has 0 unspecified atom stereocenters. The van der Waals surface area contributed by atoms with Gasteiger partial charge in [-0.25, -0.2) is 0 Å². The predicted octanol–water partition coefficient (Wildman–Crippen LogP) is 14.1. The second kappa shape index (κ2) is 11.6. The fraction of sp³-hybridized carbons (Fsp3) is 0. The van der Waals surface area contributed by atoms with Gasteiger partial charge in [0.1, 0.15) is 0 Å². The van der Waals surface area contributed by atoms with Crippen molar-refractivity contribution in [1.29, 1.82) is 0 Å². The van der Waals surface area contributed by atoms with E-state index in [-0.39, 0.29) is 0 Å². The highest BCUT2D eigenvalue weighted by Gasteiger charge is 2.15.